The molecule has 1 rings (SSSR count). The quantitative estimate of drug-likeness (QED) is 0.538. The van der Waals surface area contributed by atoms with Crippen LogP contribution in [0.3, 0.4) is 0 Å². The molecular weight excluding hydrogens is 126 g/mol. The highest BCUT2D eigenvalue weighted by molar-refractivity contribution is 5.80. The van der Waals surface area contributed by atoms with Gasteiger partial charge in [-0.3, -0.25) is 4.79 Å². The first-order chi connectivity index (χ1) is 4.63. The minimum Gasteiger partial charge on any atom is -0.340 e. The summed E-state index contributed by atoms with van der Waals surface area (Å²) in [5.74, 6) is 0.595. The number of carbonyl (C=O) groups is 1. The number of nitrogens with zero attached hydrogens (tertiary/aromatic N) is 1. The van der Waals surface area contributed by atoms with E-state index in [0.717, 1.165) is 13.0 Å². The average molecular weight is 141 g/mol. The van der Waals surface area contributed by atoms with E-state index >= 15 is 0 Å². The number of likely N-dealkylation sites (tertiary alicyclic amines) is 1. The second kappa shape index (κ2) is 2.60. The molecule has 10 heavy (non-hydrogen) atoms. The van der Waals surface area contributed by atoms with Gasteiger partial charge >= 0.3 is 0 Å². The maximum absolute atomic E-state index is 11.3. The standard InChI is InChI=1S/C8H15NO/c1-6(2)9-5-4-7(3)8(9)10/h6-7H,4-5H2,1-3H3. The maximum atomic E-state index is 11.3. The van der Waals surface area contributed by atoms with Gasteiger partial charge in [0.05, 0.1) is 0 Å². The SMILES string of the molecule is CC1CCN(C(C)C)C1=O. The van der Waals surface area contributed by atoms with Gasteiger partial charge in [0.1, 0.15) is 0 Å². The number of carbonyl (C=O) groups excluding carboxylic acids is 1. The largest absolute Gasteiger partial charge is 0.340 e. The molecule has 0 aromatic carbocycles. The van der Waals surface area contributed by atoms with Crippen molar-refractivity contribution >= 4 is 5.91 Å². The van der Waals surface area contributed by atoms with Crippen LogP contribution in [0.2, 0.25) is 0 Å². The Bertz CT molecular complexity index is 142. The number of amides is 1. The zero-order valence-electron chi connectivity index (χ0n) is 6.92. The third-order valence-electron chi connectivity index (χ3n) is 2.13. The van der Waals surface area contributed by atoms with Gasteiger partial charge in [0.25, 0.3) is 0 Å². The molecule has 2 heteroatoms. The van der Waals surface area contributed by atoms with Crippen molar-refractivity contribution in [2.24, 2.45) is 5.92 Å². The molecule has 0 saturated carbocycles. The van der Waals surface area contributed by atoms with E-state index in [1.807, 2.05) is 11.8 Å². The molecule has 2 nitrogen and oxygen atoms in total. The van der Waals surface area contributed by atoms with Crippen LogP contribution in [0.5, 0.6) is 0 Å². The minimum atomic E-state index is 0.266. The predicted octanol–water partition coefficient (Wildman–Crippen LogP) is 1.26. The van der Waals surface area contributed by atoms with E-state index in [-0.39, 0.29) is 5.92 Å². The molecule has 1 saturated heterocycles. The molecule has 0 radical (unpaired) electrons. The minimum absolute atomic E-state index is 0.266. The monoisotopic (exact) mass is 141 g/mol. The Morgan fingerprint density at radius 3 is 2.40 bits per heavy atom. The van der Waals surface area contributed by atoms with Crippen molar-refractivity contribution in [3.8, 4) is 0 Å². The van der Waals surface area contributed by atoms with E-state index in [4.69, 9.17) is 0 Å². The Labute approximate surface area is 62.2 Å². The number of rotatable bonds is 1. The first-order valence-electron chi connectivity index (χ1n) is 3.93. The zero-order valence-corrected chi connectivity index (χ0v) is 6.92. The van der Waals surface area contributed by atoms with Gasteiger partial charge in [-0.2, -0.15) is 0 Å². The summed E-state index contributed by atoms with van der Waals surface area (Å²) in [5.41, 5.74) is 0. The molecule has 1 aliphatic rings. The third-order valence-corrected chi connectivity index (χ3v) is 2.13. The lowest BCUT2D eigenvalue weighted by atomic mass is 10.1. The summed E-state index contributed by atoms with van der Waals surface area (Å²) < 4.78 is 0. The Balaban J connectivity index is 2.57. The van der Waals surface area contributed by atoms with Gasteiger partial charge < -0.3 is 4.90 Å². The molecule has 1 atom stereocenters. The molecule has 0 N–H and O–H groups in total. The second-order valence-electron chi connectivity index (χ2n) is 3.32. The molecule has 1 heterocycles. The van der Waals surface area contributed by atoms with Crippen molar-refractivity contribution in [1.82, 2.24) is 4.90 Å². The van der Waals surface area contributed by atoms with Crippen molar-refractivity contribution < 1.29 is 4.79 Å². The summed E-state index contributed by atoms with van der Waals surface area (Å²) in [7, 11) is 0. The van der Waals surface area contributed by atoms with Crippen LogP contribution in [0.4, 0.5) is 0 Å². The predicted molar refractivity (Wildman–Crippen MR) is 40.6 cm³/mol. The summed E-state index contributed by atoms with van der Waals surface area (Å²) in [6.45, 7) is 7.09. The third kappa shape index (κ3) is 1.15. The molecule has 58 valence electrons. The molecule has 0 spiro atoms. The first kappa shape index (κ1) is 7.58. The van der Waals surface area contributed by atoms with Crippen molar-refractivity contribution in [2.45, 2.75) is 33.2 Å². The lowest BCUT2D eigenvalue weighted by molar-refractivity contribution is -0.131. The Hall–Kier alpha value is -0.530. The summed E-state index contributed by atoms with van der Waals surface area (Å²) in [4.78, 5) is 13.2. The van der Waals surface area contributed by atoms with Crippen LogP contribution in [-0.4, -0.2) is 23.4 Å². The fourth-order valence-corrected chi connectivity index (χ4v) is 1.36. The van der Waals surface area contributed by atoms with Gasteiger partial charge in [0, 0.05) is 18.5 Å². The fourth-order valence-electron chi connectivity index (χ4n) is 1.36. The first-order valence-corrected chi connectivity index (χ1v) is 3.93. The van der Waals surface area contributed by atoms with E-state index < -0.39 is 0 Å². The average Bonchev–Trinajstić information content (AvgIpc) is 2.14. The van der Waals surface area contributed by atoms with Gasteiger partial charge in [0.15, 0.2) is 0 Å². The van der Waals surface area contributed by atoms with Gasteiger partial charge in [0.2, 0.25) is 5.91 Å². The van der Waals surface area contributed by atoms with E-state index in [1.165, 1.54) is 0 Å². The van der Waals surface area contributed by atoms with Crippen molar-refractivity contribution in [3.63, 3.8) is 0 Å². The van der Waals surface area contributed by atoms with Crippen molar-refractivity contribution in [3.05, 3.63) is 0 Å². The highest BCUT2D eigenvalue weighted by atomic mass is 16.2. The number of hydrogen-bond acceptors (Lipinski definition) is 1. The van der Waals surface area contributed by atoms with Gasteiger partial charge in [-0.05, 0) is 20.3 Å². The van der Waals surface area contributed by atoms with Crippen molar-refractivity contribution in [2.75, 3.05) is 6.54 Å². The summed E-state index contributed by atoms with van der Waals surface area (Å²) in [6.07, 6.45) is 1.04. The number of hydrogen-bond donors (Lipinski definition) is 0. The van der Waals surface area contributed by atoms with Crippen LogP contribution < -0.4 is 0 Å². The Morgan fingerprint density at radius 2 is 2.20 bits per heavy atom. The van der Waals surface area contributed by atoms with Crippen LogP contribution in [0.1, 0.15) is 27.2 Å². The summed E-state index contributed by atoms with van der Waals surface area (Å²) >= 11 is 0. The molecule has 0 aromatic heterocycles. The summed E-state index contributed by atoms with van der Waals surface area (Å²) in [6, 6.07) is 0.387. The molecular formula is C8H15NO. The lowest BCUT2D eigenvalue weighted by Crippen LogP contribution is -2.33. The topological polar surface area (TPSA) is 20.3 Å². The fraction of sp³-hybridized carbons (Fsp3) is 0.875. The highest BCUT2D eigenvalue weighted by Crippen LogP contribution is 2.18. The molecule has 1 aliphatic heterocycles. The van der Waals surface area contributed by atoms with Crippen LogP contribution in [-0.2, 0) is 4.79 Å². The molecule has 0 aliphatic carbocycles. The van der Waals surface area contributed by atoms with Crippen LogP contribution in [0.15, 0.2) is 0 Å². The molecule has 1 fully saturated rings. The van der Waals surface area contributed by atoms with E-state index in [0.29, 0.717) is 11.9 Å². The van der Waals surface area contributed by atoms with Gasteiger partial charge in [-0.15, -0.1) is 0 Å². The van der Waals surface area contributed by atoms with E-state index in [2.05, 4.69) is 13.8 Å². The van der Waals surface area contributed by atoms with Crippen LogP contribution in [0, 0.1) is 5.92 Å². The zero-order chi connectivity index (χ0) is 7.72. The molecule has 1 unspecified atom stereocenters. The smallest absolute Gasteiger partial charge is 0.225 e. The van der Waals surface area contributed by atoms with Gasteiger partial charge in [-0.25, -0.2) is 0 Å². The van der Waals surface area contributed by atoms with Gasteiger partial charge in [-0.1, -0.05) is 6.92 Å². The van der Waals surface area contributed by atoms with E-state index in [1.54, 1.807) is 0 Å². The van der Waals surface area contributed by atoms with Crippen molar-refractivity contribution in [1.29, 1.82) is 0 Å². The molecule has 0 bridgehead atoms. The maximum Gasteiger partial charge on any atom is 0.225 e. The Kier molecular flexibility index (Phi) is 1.97. The van der Waals surface area contributed by atoms with Crippen LogP contribution in [0.25, 0.3) is 0 Å². The van der Waals surface area contributed by atoms with E-state index in [9.17, 15) is 4.79 Å². The molecule has 0 aromatic rings. The summed E-state index contributed by atoms with van der Waals surface area (Å²) in [5, 5.41) is 0. The lowest BCUT2D eigenvalue weighted by Gasteiger charge is -2.20. The molecule has 1 amide bonds. The Morgan fingerprint density at radius 1 is 1.60 bits per heavy atom. The highest BCUT2D eigenvalue weighted by Gasteiger charge is 2.28. The second-order valence-corrected chi connectivity index (χ2v) is 3.32. The normalized spacial score (nSPS) is 26.6. The van der Waals surface area contributed by atoms with Crippen LogP contribution >= 0.6 is 0 Å².